The highest BCUT2D eigenvalue weighted by atomic mass is 32.1. The smallest absolute Gasteiger partial charge is 0.352 e. The molecule has 0 atom stereocenters. The molecule has 0 aliphatic rings. The van der Waals surface area contributed by atoms with Gasteiger partial charge in [-0.25, -0.2) is 13.9 Å². The molecular weight excluding hydrogens is 464 g/mol. The van der Waals surface area contributed by atoms with Crippen LogP contribution in [0.5, 0.6) is 11.5 Å². The Labute approximate surface area is 205 Å². The number of hydrogen-bond acceptors (Lipinski definition) is 6. The summed E-state index contributed by atoms with van der Waals surface area (Å²) in [4.78, 5) is 26.9. The molecule has 0 bridgehead atoms. The van der Waals surface area contributed by atoms with Crippen molar-refractivity contribution in [3.05, 3.63) is 91.4 Å². The summed E-state index contributed by atoms with van der Waals surface area (Å²) in [5.41, 5.74) is 3.05. The predicted octanol–water partition coefficient (Wildman–Crippen LogP) is 4.07. The summed E-state index contributed by atoms with van der Waals surface area (Å²) in [6, 6.07) is 15.3. The highest BCUT2D eigenvalue weighted by molar-refractivity contribution is 7.17. The molecule has 0 saturated heterocycles. The van der Waals surface area contributed by atoms with Crippen LogP contribution in [0.25, 0.3) is 16.0 Å². The zero-order valence-electron chi connectivity index (χ0n) is 19.9. The van der Waals surface area contributed by atoms with Crippen molar-refractivity contribution in [2.75, 3.05) is 13.2 Å². The van der Waals surface area contributed by atoms with Crippen LogP contribution in [0.3, 0.4) is 0 Å². The van der Waals surface area contributed by atoms with Crippen molar-refractivity contribution in [2.24, 2.45) is 0 Å². The first-order valence-electron chi connectivity index (χ1n) is 11.5. The molecule has 0 unspecified atom stereocenters. The van der Waals surface area contributed by atoms with Crippen LogP contribution in [0.4, 0.5) is 0 Å². The van der Waals surface area contributed by atoms with Gasteiger partial charge in [0.15, 0.2) is 11.5 Å². The Morgan fingerprint density at radius 1 is 0.943 bits per heavy atom. The summed E-state index contributed by atoms with van der Waals surface area (Å²) in [7, 11) is 0. The molecule has 0 spiro atoms. The highest BCUT2D eigenvalue weighted by Crippen LogP contribution is 2.29. The second-order valence-electron chi connectivity index (χ2n) is 8.18. The molecule has 8 nitrogen and oxygen atoms in total. The van der Waals surface area contributed by atoms with Gasteiger partial charge in [-0.05, 0) is 61.0 Å². The molecule has 5 aromatic rings. The van der Waals surface area contributed by atoms with Gasteiger partial charge in [-0.1, -0.05) is 30.3 Å². The van der Waals surface area contributed by atoms with Crippen molar-refractivity contribution in [3.8, 4) is 11.5 Å². The van der Waals surface area contributed by atoms with E-state index in [1.807, 2.05) is 68.6 Å². The number of aromatic nitrogens is 4. The number of ether oxygens (including phenoxy) is 2. The number of benzene rings is 2. The maximum atomic E-state index is 13.5. The Bertz CT molecular complexity index is 1640. The average Bonchev–Trinajstić information content (AvgIpc) is 3.45. The van der Waals surface area contributed by atoms with Crippen LogP contribution in [-0.2, 0) is 13.1 Å². The Balaban J connectivity index is 1.66. The second-order valence-corrected chi connectivity index (χ2v) is 9.09. The first-order valence-corrected chi connectivity index (χ1v) is 12.4. The monoisotopic (exact) mass is 490 g/mol. The molecule has 2 aromatic carbocycles. The first kappa shape index (κ1) is 22.9. The van der Waals surface area contributed by atoms with Crippen molar-refractivity contribution < 1.29 is 9.47 Å². The summed E-state index contributed by atoms with van der Waals surface area (Å²) < 4.78 is 16.5. The quantitative estimate of drug-likeness (QED) is 0.328. The van der Waals surface area contributed by atoms with E-state index in [2.05, 4.69) is 5.10 Å². The van der Waals surface area contributed by atoms with Crippen molar-refractivity contribution in [1.82, 2.24) is 18.7 Å². The SMILES string of the molecule is CCOc1ccc(Cn2c(=O)c3sccc3n3c(=O)n(Cc4ccccc4C)nc23)cc1OCC. The summed E-state index contributed by atoms with van der Waals surface area (Å²) in [5, 5.41) is 6.44. The Kier molecular flexibility index (Phi) is 6.17. The maximum Gasteiger partial charge on any atom is 0.352 e. The molecule has 0 aliphatic carbocycles. The third-order valence-electron chi connectivity index (χ3n) is 5.92. The van der Waals surface area contributed by atoms with Crippen LogP contribution in [-0.4, -0.2) is 32.0 Å². The van der Waals surface area contributed by atoms with Gasteiger partial charge < -0.3 is 9.47 Å². The molecule has 0 N–H and O–H groups in total. The highest BCUT2D eigenvalue weighted by Gasteiger charge is 2.19. The molecule has 3 heterocycles. The maximum absolute atomic E-state index is 13.5. The summed E-state index contributed by atoms with van der Waals surface area (Å²) >= 11 is 1.32. The van der Waals surface area contributed by atoms with Gasteiger partial charge in [0, 0.05) is 0 Å². The average molecular weight is 491 g/mol. The van der Waals surface area contributed by atoms with E-state index >= 15 is 0 Å². The fourth-order valence-electron chi connectivity index (χ4n) is 4.20. The third-order valence-corrected chi connectivity index (χ3v) is 6.81. The van der Waals surface area contributed by atoms with Gasteiger partial charge >= 0.3 is 5.69 Å². The molecule has 5 rings (SSSR count). The molecule has 9 heteroatoms. The van der Waals surface area contributed by atoms with E-state index in [9.17, 15) is 9.59 Å². The first-order chi connectivity index (χ1) is 17.0. The molecule has 3 aromatic heterocycles. The van der Waals surface area contributed by atoms with E-state index in [0.717, 1.165) is 16.7 Å². The van der Waals surface area contributed by atoms with Crippen molar-refractivity contribution >= 4 is 27.3 Å². The number of rotatable bonds is 8. The number of hydrogen-bond donors (Lipinski definition) is 0. The van der Waals surface area contributed by atoms with Crippen LogP contribution in [0.2, 0.25) is 0 Å². The lowest BCUT2D eigenvalue weighted by Gasteiger charge is -2.13. The van der Waals surface area contributed by atoms with E-state index in [1.54, 1.807) is 10.6 Å². The Morgan fingerprint density at radius 3 is 2.49 bits per heavy atom. The molecule has 180 valence electrons. The minimum Gasteiger partial charge on any atom is -0.490 e. The minimum absolute atomic E-state index is 0.178. The molecule has 0 amide bonds. The van der Waals surface area contributed by atoms with Gasteiger partial charge in [0.25, 0.3) is 5.56 Å². The van der Waals surface area contributed by atoms with Gasteiger partial charge in [0.2, 0.25) is 5.78 Å². The predicted molar refractivity (Wildman–Crippen MR) is 137 cm³/mol. The lowest BCUT2D eigenvalue weighted by atomic mass is 10.1. The van der Waals surface area contributed by atoms with Crippen LogP contribution in [0, 0.1) is 6.92 Å². The zero-order valence-corrected chi connectivity index (χ0v) is 20.7. The van der Waals surface area contributed by atoms with Crippen molar-refractivity contribution in [3.63, 3.8) is 0 Å². The number of aryl methyl sites for hydroxylation is 1. The Hall–Kier alpha value is -3.85. The number of fused-ring (bicyclic) bond motifs is 3. The largest absolute Gasteiger partial charge is 0.490 e. The number of nitrogens with zero attached hydrogens (tertiary/aromatic N) is 4. The summed E-state index contributed by atoms with van der Waals surface area (Å²) in [6.07, 6.45) is 0. The van der Waals surface area contributed by atoms with Gasteiger partial charge in [0.05, 0.1) is 31.8 Å². The summed E-state index contributed by atoms with van der Waals surface area (Å²) in [6.45, 7) is 7.41. The Morgan fingerprint density at radius 2 is 1.71 bits per heavy atom. The van der Waals surface area contributed by atoms with E-state index < -0.39 is 0 Å². The molecular formula is C26H26N4O4S. The van der Waals surface area contributed by atoms with E-state index in [0.29, 0.717) is 47.3 Å². The number of thiophene rings is 1. The van der Waals surface area contributed by atoms with Gasteiger partial charge in [-0.2, -0.15) is 0 Å². The third kappa shape index (κ3) is 4.12. The van der Waals surface area contributed by atoms with Gasteiger partial charge in [-0.15, -0.1) is 16.4 Å². The van der Waals surface area contributed by atoms with Gasteiger partial charge in [0.1, 0.15) is 4.70 Å². The van der Waals surface area contributed by atoms with E-state index in [-0.39, 0.29) is 17.8 Å². The molecule has 0 aliphatic heterocycles. The van der Waals surface area contributed by atoms with E-state index in [1.165, 1.54) is 20.4 Å². The van der Waals surface area contributed by atoms with Crippen molar-refractivity contribution in [1.29, 1.82) is 0 Å². The van der Waals surface area contributed by atoms with Crippen LogP contribution in [0.1, 0.15) is 30.5 Å². The van der Waals surface area contributed by atoms with Crippen LogP contribution >= 0.6 is 11.3 Å². The topological polar surface area (TPSA) is 79.8 Å². The standard InChI is InChI=1S/C26H26N4O4S/c1-4-33-21-11-10-18(14-22(21)34-5-2)15-28-24(31)23-20(12-13-35-23)30-25(28)27-29(26(30)32)16-19-9-7-6-8-17(19)3/h6-14H,4-5,15-16H2,1-3H3. The van der Waals surface area contributed by atoms with Crippen LogP contribution in [0.15, 0.2) is 63.5 Å². The lowest BCUT2D eigenvalue weighted by Crippen LogP contribution is -2.26. The van der Waals surface area contributed by atoms with Crippen molar-refractivity contribution in [2.45, 2.75) is 33.9 Å². The molecule has 0 fully saturated rings. The lowest BCUT2D eigenvalue weighted by molar-refractivity contribution is 0.287. The normalized spacial score (nSPS) is 11.4. The fourth-order valence-corrected chi connectivity index (χ4v) is 5.03. The summed E-state index contributed by atoms with van der Waals surface area (Å²) in [5.74, 6) is 1.59. The fraction of sp³-hybridized carbons (Fsp3) is 0.269. The minimum atomic E-state index is -0.276. The molecule has 0 saturated carbocycles. The second kappa shape index (κ2) is 9.42. The molecule has 0 radical (unpaired) electrons. The van der Waals surface area contributed by atoms with Gasteiger partial charge in [-0.3, -0.25) is 9.36 Å². The van der Waals surface area contributed by atoms with E-state index in [4.69, 9.17) is 9.47 Å². The zero-order chi connectivity index (χ0) is 24.5. The van der Waals surface area contributed by atoms with Crippen LogP contribution < -0.4 is 20.7 Å². The molecule has 35 heavy (non-hydrogen) atoms.